The molecule has 0 unspecified atom stereocenters. The lowest BCUT2D eigenvalue weighted by atomic mass is 9.81. The van der Waals surface area contributed by atoms with Crippen molar-refractivity contribution in [3.05, 3.63) is 29.3 Å². The number of aliphatic hydroxyl groups excluding tert-OH is 2. The Labute approximate surface area is 134 Å². The highest BCUT2D eigenvalue weighted by Crippen LogP contribution is 2.30. The summed E-state index contributed by atoms with van der Waals surface area (Å²) in [6, 6.07) is 5.75. The maximum Gasteiger partial charge on any atom is 0.120 e. The molecular formula is C18H31NO3. The molecule has 0 saturated carbocycles. The van der Waals surface area contributed by atoms with E-state index in [0.717, 1.165) is 12.0 Å². The highest BCUT2D eigenvalue weighted by Gasteiger charge is 2.20. The number of hydrogen-bond donors (Lipinski definition) is 3. The molecule has 3 N–H and O–H groups in total. The summed E-state index contributed by atoms with van der Waals surface area (Å²) >= 11 is 0. The number of hydrogen-bond acceptors (Lipinski definition) is 4. The summed E-state index contributed by atoms with van der Waals surface area (Å²) in [5.41, 5.74) is 2.08. The van der Waals surface area contributed by atoms with Gasteiger partial charge in [-0.25, -0.2) is 0 Å². The maximum absolute atomic E-state index is 10.1. The molecule has 4 heteroatoms. The number of benzene rings is 1. The lowest BCUT2D eigenvalue weighted by Crippen LogP contribution is -2.35. The topological polar surface area (TPSA) is 63.9 Å². The molecule has 0 spiro atoms. The highest BCUT2D eigenvalue weighted by molar-refractivity contribution is 5.39. The molecule has 0 aromatic heterocycles. The fourth-order valence-electron chi connectivity index (χ4n) is 2.53. The van der Waals surface area contributed by atoms with Crippen molar-refractivity contribution in [1.29, 1.82) is 0 Å². The molecule has 0 aliphatic carbocycles. The Morgan fingerprint density at radius 3 is 2.09 bits per heavy atom. The van der Waals surface area contributed by atoms with Crippen LogP contribution in [0.4, 0.5) is 0 Å². The van der Waals surface area contributed by atoms with Crippen molar-refractivity contribution in [1.82, 2.24) is 4.90 Å². The molecule has 126 valence electrons. The quantitative estimate of drug-likeness (QED) is 0.691. The van der Waals surface area contributed by atoms with Crippen LogP contribution in [0.2, 0.25) is 0 Å². The van der Waals surface area contributed by atoms with Crippen LogP contribution in [0.25, 0.3) is 0 Å². The summed E-state index contributed by atoms with van der Waals surface area (Å²) in [4.78, 5) is 1.97. The summed E-state index contributed by atoms with van der Waals surface area (Å²) in [6.07, 6.45) is 0.0646. The summed E-state index contributed by atoms with van der Waals surface area (Å²) in [5, 5.41) is 29.4. The minimum atomic E-state index is -0.476. The molecule has 0 aliphatic heterocycles. The van der Waals surface area contributed by atoms with Crippen LogP contribution in [0.15, 0.2) is 18.2 Å². The van der Waals surface area contributed by atoms with Gasteiger partial charge < -0.3 is 15.3 Å². The van der Waals surface area contributed by atoms with Gasteiger partial charge in [0, 0.05) is 25.2 Å². The van der Waals surface area contributed by atoms with Crippen molar-refractivity contribution < 1.29 is 15.3 Å². The van der Waals surface area contributed by atoms with E-state index in [4.69, 9.17) is 0 Å². The van der Waals surface area contributed by atoms with E-state index in [0.29, 0.717) is 19.6 Å². The molecule has 0 aliphatic rings. The normalized spacial score (nSPS) is 15.1. The smallest absolute Gasteiger partial charge is 0.120 e. The zero-order valence-electron chi connectivity index (χ0n) is 14.5. The van der Waals surface area contributed by atoms with E-state index in [1.54, 1.807) is 19.9 Å². The third kappa shape index (κ3) is 5.59. The van der Waals surface area contributed by atoms with Crippen molar-refractivity contribution in [2.45, 2.75) is 65.2 Å². The predicted molar refractivity (Wildman–Crippen MR) is 90.1 cm³/mol. The van der Waals surface area contributed by atoms with Crippen molar-refractivity contribution >= 4 is 0 Å². The van der Waals surface area contributed by atoms with Gasteiger partial charge in [-0.15, -0.1) is 0 Å². The number of aliphatic hydroxyl groups is 2. The molecule has 1 aromatic rings. The van der Waals surface area contributed by atoms with E-state index in [2.05, 4.69) is 20.8 Å². The molecule has 0 heterocycles. The monoisotopic (exact) mass is 309 g/mol. The van der Waals surface area contributed by atoms with Gasteiger partial charge in [-0.1, -0.05) is 32.9 Å². The van der Waals surface area contributed by atoms with Crippen LogP contribution >= 0.6 is 0 Å². The first-order valence-corrected chi connectivity index (χ1v) is 8.06. The van der Waals surface area contributed by atoms with Crippen LogP contribution in [0.1, 0.15) is 52.2 Å². The molecule has 0 fully saturated rings. The second kappa shape index (κ2) is 7.95. The Morgan fingerprint density at radius 1 is 1.09 bits per heavy atom. The van der Waals surface area contributed by atoms with E-state index in [-0.39, 0.29) is 11.2 Å². The third-order valence-corrected chi connectivity index (χ3v) is 4.18. The van der Waals surface area contributed by atoms with Crippen LogP contribution in [0, 0.1) is 0 Å². The van der Waals surface area contributed by atoms with Gasteiger partial charge in [0.1, 0.15) is 5.75 Å². The summed E-state index contributed by atoms with van der Waals surface area (Å²) in [5.74, 6) is 0.261. The Balaban J connectivity index is 3.00. The minimum Gasteiger partial charge on any atom is -0.508 e. The zero-order chi connectivity index (χ0) is 16.9. The largest absolute Gasteiger partial charge is 0.508 e. The third-order valence-electron chi connectivity index (χ3n) is 4.18. The fourth-order valence-corrected chi connectivity index (χ4v) is 2.53. The van der Waals surface area contributed by atoms with Gasteiger partial charge in [0.2, 0.25) is 0 Å². The molecule has 0 saturated heterocycles. The van der Waals surface area contributed by atoms with Gasteiger partial charge in [0.05, 0.1) is 12.2 Å². The summed E-state index contributed by atoms with van der Waals surface area (Å²) in [6.45, 7) is 11.4. The van der Waals surface area contributed by atoms with Gasteiger partial charge in [0.15, 0.2) is 0 Å². The van der Waals surface area contributed by atoms with Gasteiger partial charge in [-0.3, -0.25) is 4.90 Å². The van der Waals surface area contributed by atoms with E-state index in [1.807, 2.05) is 17.0 Å². The lowest BCUT2D eigenvalue weighted by Gasteiger charge is -2.27. The van der Waals surface area contributed by atoms with E-state index < -0.39 is 12.2 Å². The van der Waals surface area contributed by atoms with Gasteiger partial charge >= 0.3 is 0 Å². The first-order valence-electron chi connectivity index (χ1n) is 8.06. The average molecular weight is 309 g/mol. The lowest BCUT2D eigenvalue weighted by molar-refractivity contribution is 0.0789. The molecule has 22 heavy (non-hydrogen) atoms. The fraction of sp³-hybridized carbons (Fsp3) is 0.667. The molecular weight excluding hydrogens is 278 g/mol. The maximum atomic E-state index is 10.1. The number of nitrogens with zero attached hydrogens (tertiary/aromatic N) is 1. The van der Waals surface area contributed by atoms with Crippen LogP contribution in [-0.2, 0) is 12.0 Å². The minimum absolute atomic E-state index is 0.0574. The standard InChI is InChI=1S/C18H31NO3/c1-6-18(4,5)16-7-8-17(22)15(9-16)12-19(10-13(2)20)11-14(3)21/h7-9,13-14,20-22H,6,10-12H2,1-5H3/t13-,14-/m1/s1. The molecule has 1 rings (SSSR count). The molecule has 1 aromatic carbocycles. The molecule has 0 radical (unpaired) electrons. The SMILES string of the molecule is CCC(C)(C)c1ccc(O)c(CN(C[C@@H](C)O)C[C@@H](C)O)c1. The second-order valence-corrected chi connectivity index (χ2v) is 6.97. The Bertz CT molecular complexity index is 459. The van der Waals surface area contributed by atoms with Crippen LogP contribution < -0.4 is 0 Å². The van der Waals surface area contributed by atoms with E-state index >= 15 is 0 Å². The highest BCUT2D eigenvalue weighted by atomic mass is 16.3. The first kappa shape index (κ1) is 18.9. The van der Waals surface area contributed by atoms with Gasteiger partial charge in [-0.05, 0) is 37.3 Å². The zero-order valence-corrected chi connectivity index (χ0v) is 14.5. The summed E-state index contributed by atoms with van der Waals surface area (Å²) < 4.78 is 0. The Kier molecular flexibility index (Phi) is 6.85. The molecule has 0 bridgehead atoms. The molecule has 0 amide bonds. The van der Waals surface area contributed by atoms with E-state index in [9.17, 15) is 15.3 Å². The number of rotatable bonds is 8. The van der Waals surface area contributed by atoms with Crippen molar-refractivity contribution in [3.63, 3.8) is 0 Å². The number of phenols is 1. The predicted octanol–water partition coefficient (Wildman–Crippen LogP) is 2.64. The van der Waals surface area contributed by atoms with Gasteiger partial charge in [0.25, 0.3) is 0 Å². The van der Waals surface area contributed by atoms with E-state index in [1.165, 1.54) is 5.56 Å². The van der Waals surface area contributed by atoms with Crippen LogP contribution in [0.5, 0.6) is 5.75 Å². The van der Waals surface area contributed by atoms with Crippen molar-refractivity contribution in [2.75, 3.05) is 13.1 Å². The van der Waals surface area contributed by atoms with Crippen molar-refractivity contribution in [2.24, 2.45) is 0 Å². The van der Waals surface area contributed by atoms with Crippen LogP contribution in [0.3, 0.4) is 0 Å². The molecule has 4 nitrogen and oxygen atoms in total. The van der Waals surface area contributed by atoms with Gasteiger partial charge in [-0.2, -0.15) is 0 Å². The number of phenolic OH excluding ortho intramolecular Hbond substituents is 1. The van der Waals surface area contributed by atoms with Crippen molar-refractivity contribution in [3.8, 4) is 5.75 Å². The Morgan fingerprint density at radius 2 is 1.64 bits per heavy atom. The molecule has 2 atom stereocenters. The second-order valence-electron chi connectivity index (χ2n) is 6.97. The number of aromatic hydroxyl groups is 1. The first-order chi connectivity index (χ1) is 10.2. The van der Waals surface area contributed by atoms with Crippen LogP contribution in [-0.4, -0.2) is 45.5 Å². The Hall–Kier alpha value is -1.10. The average Bonchev–Trinajstić information content (AvgIpc) is 2.39. The summed E-state index contributed by atoms with van der Waals surface area (Å²) in [7, 11) is 0.